The summed E-state index contributed by atoms with van der Waals surface area (Å²) in [6.45, 7) is 8.44. The fraction of sp³-hybridized carbons (Fsp3) is 0.391. The second-order valence-corrected chi connectivity index (χ2v) is 9.45. The van der Waals surface area contributed by atoms with Gasteiger partial charge in [-0.1, -0.05) is 58.0 Å². The Bertz CT molecular complexity index is 998. The molecule has 0 saturated carbocycles. The average Bonchev–Trinajstić information content (AvgIpc) is 2.77. The van der Waals surface area contributed by atoms with Crippen molar-refractivity contribution < 1.29 is 18.0 Å². The van der Waals surface area contributed by atoms with Crippen molar-refractivity contribution in [2.24, 2.45) is 0 Å². The molecule has 0 aromatic heterocycles. The van der Waals surface area contributed by atoms with E-state index < -0.39 is 15.9 Å². The SMILES string of the molecule is CCN(CC)S(=O)(=O)c1cccc(C(=O)NNC(=O)CCc2ccc(C(C)C)cc2)c1. The van der Waals surface area contributed by atoms with Crippen LogP contribution < -0.4 is 10.9 Å². The van der Waals surface area contributed by atoms with Crippen molar-refractivity contribution in [1.82, 2.24) is 15.2 Å². The lowest BCUT2D eigenvalue weighted by Gasteiger charge is -2.18. The topological polar surface area (TPSA) is 95.6 Å². The normalized spacial score (nSPS) is 11.5. The highest BCUT2D eigenvalue weighted by Crippen LogP contribution is 2.17. The third-order valence-corrected chi connectivity index (χ3v) is 7.09. The van der Waals surface area contributed by atoms with Gasteiger partial charge >= 0.3 is 0 Å². The second kappa shape index (κ2) is 11.1. The summed E-state index contributed by atoms with van der Waals surface area (Å²) < 4.78 is 26.6. The zero-order chi connectivity index (χ0) is 23.0. The van der Waals surface area contributed by atoms with Gasteiger partial charge in [0.15, 0.2) is 0 Å². The molecule has 0 unspecified atom stereocenters. The minimum Gasteiger partial charge on any atom is -0.273 e. The van der Waals surface area contributed by atoms with E-state index in [0.29, 0.717) is 25.4 Å². The van der Waals surface area contributed by atoms with Crippen LogP contribution in [0.3, 0.4) is 0 Å². The van der Waals surface area contributed by atoms with Crippen LogP contribution in [0.25, 0.3) is 0 Å². The highest BCUT2D eigenvalue weighted by molar-refractivity contribution is 7.89. The number of benzene rings is 2. The summed E-state index contributed by atoms with van der Waals surface area (Å²) in [6, 6.07) is 13.9. The standard InChI is InChI=1S/C23H31N3O4S/c1-5-26(6-2)31(29,30)21-9-7-8-20(16-21)23(28)25-24-22(27)15-12-18-10-13-19(14-11-18)17(3)4/h7-11,13-14,16-17H,5-6,12,15H2,1-4H3,(H,24,27)(H,25,28). The highest BCUT2D eigenvalue weighted by Gasteiger charge is 2.22. The van der Waals surface area contributed by atoms with Crippen LogP contribution in [0.15, 0.2) is 53.4 Å². The number of nitrogens with zero attached hydrogens (tertiary/aromatic N) is 1. The molecule has 0 bridgehead atoms. The summed E-state index contributed by atoms with van der Waals surface area (Å²) in [5.74, 6) is -0.451. The smallest absolute Gasteiger partial charge is 0.269 e. The lowest BCUT2D eigenvalue weighted by molar-refractivity contribution is -0.121. The molecule has 0 radical (unpaired) electrons. The molecule has 7 nitrogen and oxygen atoms in total. The van der Waals surface area contributed by atoms with Crippen molar-refractivity contribution in [3.05, 3.63) is 65.2 Å². The maximum absolute atomic E-state index is 12.6. The first-order valence-corrected chi connectivity index (χ1v) is 11.9. The molecule has 0 aliphatic rings. The van der Waals surface area contributed by atoms with Crippen LogP contribution in [-0.2, 0) is 21.2 Å². The van der Waals surface area contributed by atoms with Crippen molar-refractivity contribution in [2.75, 3.05) is 13.1 Å². The predicted octanol–water partition coefficient (Wildman–Crippen LogP) is 3.23. The van der Waals surface area contributed by atoms with Gasteiger partial charge in [-0.25, -0.2) is 8.42 Å². The maximum atomic E-state index is 12.6. The molecule has 2 aromatic rings. The summed E-state index contributed by atoms with van der Waals surface area (Å²) in [7, 11) is -3.67. The van der Waals surface area contributed by atoms with Crippen LogP contribution in [0.5, 0.6) is 0 Å². The minimum atomic E-state index is -3.67. The van der Waals surface area contributed by atoms with Crippen molar-refractivity contribution in [3.63, 3.8) is 0 Å². The van der Waals surface area contributed by atoms with E-state index in [2.05, 4.69) is 36.8 Å². The van der Waals surface area contributed by atoms with Gasteiger partial charge in [-0.3, -0.25) is 20.4 Å². The van der Waals surface area contributed by atoms with E-state index >= 15 is 0 Å². The number of hydrogen-bond acceptors (Lipinski definition) is 4. The first-order chi connectivity index (χ1) is 14.7. The Morgan fingerprint density at radius 3 is 2.19 bits per heavy atom. The molecule has 8 heteroatoms. The molecule has 0 atom stereocenters. The van der Waals surface area contributed by atoms with E-state index in [-0.39, 0.29) is 22.8 Å². The van der Waals surface area contributed by atoms with Crippen LogP contribution in [-0.4, -0.2) is 37.6 Å². The number of amides is 2. The third kappa shape index (κ3) is 6.63. The quantitative estimate of drug-likeness (QED) is 0.579. The Morgan fingerprint density at radius 1 is 0.968 bits per heavy atom. The largest absolute Gasteiger partial charge is 0.273 e. The summed E-state index contributed by atoms with van der Waals surface area (Å²) in [4.78, 5) is 24.5. The van der Waals surface area contributed by atoms with E-state index in [0.717, 1.165) is 5.56 Å². The third-order valence-electron chi connectivity index (χ3n) is 5.04. The summed E-state index contributed by atoms with van der Waals surface area (Å²) in [6.07, 6.45) is 0.773. The molecule has 2 rings (SSSR count). The van der Waals surface area contributed by atoms with E-state index in [1.165, 1.54) is 34.1 Å². The molecule has 0 fully saturated rings. The molecule has 2 aromatic carbocycles. The Labute approximate surface area is 184 Å². The van der Waals surface area contributed by atoms with Gasteiger partial charge in [0.1, 0.15) is 0 Å². The van der Waals surface area contributed by atoms with Crippen molar-refractivity contribution in [1.29, 1.82) is 0 Å². The summed E-state index contributed by atoms with van der Waals surface area (Å²) >= 11 is 0. The van der Waals surface area contributed by atoms with Gasteiger partial charge in [-0.15, -0.1) is 0 Å². The molecule has 0 aliphatic heterocycles. The van der Waals surface area contributed by atoms with E-state index in [4.69, 9.17) is 0 Å². The van der Waals surface area contributed by atoms with Gasteiger partial charge in [0.05, 0.1) is 4.90 Å². The number of hydrogen-bond donors (Lipinski definition) is 2. The van der Waals surface area contributed by atoms with Crippen LogP contribution in [0.2, 0.25) is 0 Å². The van der Waals surface area contributed by atoms with Gasteiger partial charge < -0.3 is 0 Å². The number of carbonyl (C=O) groups is 2. The Morgan fingerprint density at radius 2 is 1.61 bits per heavy atom. The Hall–Kier alpha value is -2.71. The Balaban J connectivity index is 1.93. The van der Waals surface area contributed by atoms with Gasteiger partial charge in [0.2, 0.25) is 15.9 Å². The summed E-state index contributed by atoms with van der Waals surface area (Å²) in [5, 5.41) is 0. The van der Waals surface area contributed by atoms with Gasteiger partial charge in [-0.2, -0.15) is 4.31 Å². The van der Waals surface area contributed by atoms with Gasteiger partial charge in [0, 0.05) is 25.1 Å². The molecule has 0 aliphatic carbocycles. The molecule has 0 spiro atoms. The zero-order valence-corrected chi connectivity index (χ0v) is 19.3. The first kappa shape index (κ1) is 24.6. The van der Waals surface area contributed by atoms with Crippen LogP contribution in [0, 0.1) is 0 Å². The Kier molecular flexibility index (Phi) is 8.76. The van der Waals surface area contributed by atoms with Crippen molar-refractivity contribution in [3.8, 4) is 0 Å². The van der Waals surface area contributed by atoms with Crippen LogP contribution in [0.4, 0.5) is 0 Å². The average molecular weight is 446 g/mol. The van der Waals surface area contributed by atoms with Gasteiger partial charge in [-0.05, 0) is 41.7 Å². The van der Waals surface area contributed by atoms with Gasteiger partial charge in [0.25, 0.3) is 5.91 Å². The molecular formula is C23H31N3O4S. The first-order valence-electron chi connectivity index (χ1n) is 10.5. The van der Waals surface area contributed by atoms with Crippen molar-refractivity contribution in [2.45, 2.75) is 51.3 Å². The number of rotatable bonds is 9. The highest BCUT2D eigenvalue weighted by atomic mass is 32.2. The number of hydrazine groups is 1. The van der Waals surface area contributed by atoms with Crippen LogP contribution in [0.1, 0.15) is 61.5 Å². The molecule has 168 valence electrons. The molecule has 2 N–H and O–H groups in total. The minimum absolute atomic E-state index is 0.0417. The summed E-state index contributed by atoms with van der Waals surface area (Å²) in [5.41, 5.74) is 7.17. The fourth-order valence-corrected chi connectivity index (χ4v) is 4.60. The number of nitrogens with one attached hydrogen (secondary N) is 2. The monoisotopic (exact) mass is 445 g/mol. The zero-order valence-electron chi connectivity index (χ0n) is 18.5. The predicted molar refractivity (Wildman–Crippen MR) is 121 cm³/mol. The fourth-order valence-electron chi connectivity index (χ4n) is 3.10. The van der Waals surface area contributed by atoms with E-state index in [9.17, 15) is 18.0 Å². The van der Waals surface area contributed by atoms with E-state index in [1.807, 2.05) is 12.1 Å². The number of sulfonamides is 1. The van der Waals surface area contributed by atoms with E-state index in [1.54, 1.807) is 13.8 Å². The lowest BCUT2D eigenvalue weighted by Crippen LogP contribution is -2.41. The molecular weight excluding hydrogens is 414 g/mol. The molecule has 2 amide bonds. The lowest BCUT2D eigenvalue weighted by atomic mass is 10.0. The second-order valence-electron chi connectivity index (χ2n) is 7.52. The molecule has 31 heavy (non-hydrogen) atoms. The van der Waals surface area contributed by atoms with Crippen LogP contribution >= 0.6 is 0 Å². The maximum Gasteiger partial charge on any atom is 0.269 e. The van der Waals surface area contributed by atoms with Crippen molar-refractivity contribution >= 4 is 21.8 Å². The number of aryl methyl sites for hydroxylation is 1. The molecule has 0 heterocycles. The molecule has 0 saturated heterocycles. The number of carbonyl (C=O) groups excluding carboxylic acids is 2.